The summed E-state index contributed by atoms with van der Waals surface area (Å²) in [5.41, 5.74) is 1.54. The topological polar surface area (TPSA) is 152 Å². The standard InChI is InChI=1S/C17H12N2O2.C14H4F4N2O4S/c20-11-18-15-5-1-13(2-6-15)17(9-10-17)14-3-7-16(8-4-14)19-12-21;15-9-1-7(2-10(16)13(9)19-5-21)25(23,24)8-3-11(17)14(20-6-22)12(18)4-8/h1-8H,9-10H2;1-4H. The van der Waals surface area contributed by atoms with Gasteiger partial charge in [-0.3, -0.25) is 0 Å². The molecule has 4 aromatic rings. The number of carbonyl (C=O) groups excluding carboxylic acids is 4. The molecular weight excluding hydrogens is 632 g/mol. The summed E-state index contributed by atoms with van der Waals surface area (Å²) in [5.74, 6) is -5.98. The molecule has 0 spiro atoms. The second-order valence-electron chi connectivity index (χ2n) is 9.46. The fourth-order valence-electron chi connectivity index (χ4n) is 4.52. The van der Waals surface area contributed by atoms with E-state index in [1.807, 2.05) is 48.5 Å². The molecule has 0 aromatic heterocycles. The Kier molecular flexibility index (Phi) is 9.89. The third-order valence-electron chi connectivity index (χ3n) is 6.86. The molecule has 10 nitrogen and oxygen atoms in total. The predicted octanol–water partition coefficient (Wildman–Crippen LogP) is 6.71. The molecule has 230 valence electrons. The van der Waals surface area contributed by atoms with E-state index < -0.39 is 54.3 Å². The molecule has 0 aliphatic heterocycles. The first kappa shape index (κ1) is 33.0. The van der Waals surface area contributed by atoms with Gasteiger partial charge >= 0.3 is 0 Å². The first-order valence-electron chi connectivity index (χ1n) is 12.8. The summed E-state index contributed by atoms with van der Waals surface area (Å²) in [4.78, 5) is 51.4. The van der Waals surface area contributed by atoms with Crippen LogP contribution in [0.15, 0.2) is 103 Å². The highest BCUT2D eigenvalue weighted by Gasteiger charge is 2.45. The molecular formula is C31H16F4N4O6S. The largest absolute Gasteiger partial charge is 0.240 e. The maximum absolute atomic E-state index is 13.7. The van der Waals surface area contributed by atoms with Crippen molar-refractivity contribution in [2.45, 2.75) is 28.0 Å². The molecule has 46 heavy (non-hydrogen) atoms. The molecule has 15 heteroatoms. The van der Waals surface area contributed by atoms with Gasteiger partial charge in [-0.2, -0.15) is 20.0 Å². The lowest BCUT2D eigenvalue weighted by atomic mass is 9.88. The van der Waals surface area contributed by atoms with E-state index in [4.69, 9.17) is 0 Å². The average molecular weight is 649 g/mol. The Morgan fingerprint density at radius 1 is 0.522 bits per heavy atom. The molecule has 4 aromatic carbocycles. The van der Waals surface area contributed by atoms with E-state index in [0.717, 1.165) is 25.0 Å². The van der Waals surface area contributed by atoms with Gasteiger partial charge in [0.25, 0.3) is 0 Å². The molecule has 1 saturated carbocycles. The molecule has 0 saturated heterocycles. The van der Waals surface area contributed by atoms with Gasteiger partial charge in [0, 0.05) is 5.41 Å². The normalized spacial score (nSPS) is 12.5. The van der Waals surface area contributed by atoms with Crippen LogP contribution < -0.4 is 0 Å². The highest BCUT2D eigenvalue weighted by atomic mass is 32.2. The van der Waals surface area contributed by atoms with E-state index in [1.165, 1.54) is 11.1 Å². The van der Waals surface area contributed by atoms with Crippen molar-refractivity contribution in [1.82, 2.24) is 0 Å². The fraction of sp³-hybridized carbons (Fsp3) is 0.0968. The lowest BCUT2D eigenvalue weighted by molar-refractivity contribution is 0.555. The number of halogens is 4. The van der Waals surface area contributed by atoms with Crippen molar-refractivity contribution in [2.24, 2.45) is 20.0 Å². The highest BCUT2D eigenvalue weighted by Crippen LogP contribution is 2.53. The second-order valence-corrected chi connectivity index (χ2v) is 11.4. The number of aliphatic imine (C=N–C) groups is 4. The van der Waals surface area contributed by atoms with E-state index >= 15 is 0 Å². The second kappa shape index (κ2) is 13.8. The first-order chi connectivity index (χ1) is 22.0. The van der Waals surface area contributed by atoms with E-state index in [0.29, 0.717) is 35.6 Å². The number of benzene rings is 4. The van der Waals surface area contributed by atoms with Gasteiger partial charge in [0.05, 0.1) is 21.2 Å². The van der Waals surface area contributed by atoms with Crippen molar-refractivity contribution in [3.05, 3.63) is 107 Å². The Balaban J connectivity index is 0.000000211. The van der Waals surface area contributed by atoms with Gasteiger partial charge in [0.15, 0.2) is 23.3 Å². The number of isocyanates is 4. The average Bonchev–Trinajstić information content (AvgIpc) is 3.84. The van der Waals surface area contributed by atoms with Crippen LogP contribution in [0.2, 0.25) is 0 Å². The molecule has 0 radical (unpaired) electrons. The zero-order valence-corrected chi connectivity index (χ0v) is 23.8. The lowest BCUT2D eigenvalue weighted by Gasteiger charge is -2.16. The van der Waals surface area contributed by atoms with Crippen LogP contribution in [-0.4, -0.2) is 32.7 Å². The Bertz CT molecular complexity index is 1940. The van der Waals surface area contributed by atoms with Gasteiger partial charge in [0.2, 0.25) is 34.2 Å². The Hall–Kier alpha value is -5.93. The van der Waals surface area contributed by atoms with Gasteiger partial charge in [-0.1, -0.05) is 24.3 Å². The summed E-state index contributed by atoms with van der Waals surface area (Å²) in [6.45, 7) is 0. The van der Waals surface area contributed by atoms with Gasteiger partial charge in [-0.05, 0) is 72.5 Å². The van der Waals surface area contributed by atoms with Crippen LogP contribution in [0, 0.1) is 23.3 Å². The van der Waals surface area contributed by atoms with Crippen LogP contribution in [0.4, 0.5) is 40.3 Å². The summed E-state index contributed by atoms with van der Waals surface area (Å²) in [5, 5.41) is 0. The highest BCUT2D eigenvalue weighted by molar-refractivity contribution is 7.91. The Labute approximate surface area is 257 Å². The van der Waals surface area contributed by atoms with Crippen molar-refractivity contribution in [2.75, 3.05) is 0 Å². The number of hydrogen-bond donors (Lipinski definition) is 0. The summed E-state index contributed by atoms with van der Waals surface area (Å²) < 4.78 is 79.3. The van der Waals surface area contributed by atoms with Crippen LogP contribution in [-0.2, 0) is 34.4 Å². The van der Waals surface area contributed by atoms with Gasteiger partial charge in [0.1, 0.15) is 11.4 Å². The maximum Gasteiger partial charge on any atom is 0.240 e. The first-order valence-corrected chi connectivity index (χ1v) is 14.2. The van der Waals surface area contributed by atoms with E-state index in [1.54, 1.807) is 12.2 Å². The predicted molar refractivity (Wildman–Crippen MR) is 152 cm³/mol. The van der Waals surface area contributed by atoms with Crippen LogP contribution >= 0.6 is 0 Å². The number of rotatable bonds is 8. The van der Waals surface area contributed by atoms with Crippen molar-refractivity contribution in [3.63, 3.8) is 0 Å². The van der Waals surface area contributed by atoms with Crippen molar-refractivity contribution in [1.29, 1.82) is 0 Å². The van der Waals surface area contributed by atoms with Crippen LogP contribution in [0.3, 0.4) is 0 Å². The Morgan fingerprint density at radius 3 is 1.09 bits per heavy atom. The summed E-state index contributed by atoms with van der Waals surface area (Å²) in [6, 6.07) is 16.6. The molecule has 0 unspecified atom stereocenters. The molecule has 0 amide bonds. The minimum atomic E-state index is -4.73. The third kappa shape index (κ3) is 6.90. The lowest BCUT2D eigenvalue weighted by Crippen LogP contribution is -2.07. The van der Waals surface area contributed by atoms with E-state index in [-0.39, 0.29) is 5.41 Å². The zero-order valence-electron chi connectivity index (χ0n) is 23.0. The number of nitrogens with zero attached hydrogens (tertiary/aromatic N) is 4. The van der Waals surface area contributed by atoms with E-state index in [9.17, 15) is 45.2 Å². The minimum absolute atomic E-state index is 0.0346. The smallest absolute Gasteiger partial charge is 0.219 e. The van der Waals surface area contributed by atoms with Crippen molar-refractivity contribution >= 4 is 56.9 Å². The van der Waals surface area contributed by atoms with Gasteiger partial charge < -0.3 is 0 Å². The van der Waals surface area contributed by atoms with Crippen LogP contribution in [0.25, 0.3) is 0 Å². The SMILES string of the molecule is O=C=Nc1c(F)cc(S(=O)(=O)c2cc(F)c(N=C=O)c(F)c2)cc1F.O=C=Nc1ccc(C2(c3ccc(N=C=O)cc3)CC2)cc1. The summed E-state index contributed by atoms with van der Waals surface area (Å²) in [6.07, 6.45) is 7.03. The summed E-state index contributed by atoms with van der Waals surface area (Å²) in [7, 11) is -4.73. The maximum atomic E-state index is 13.7. The van der Waals surface area contributed by atoms with E-state index in [2.05, 4.69) is 20.0 Å². The van der Waals surface area contributed by atoms with Gasteiger partial charge in [-0.15, -0.1) is 0 Å². The number of sulfone groups is 1. The van der Waals surface area contributed by atoms with Crippen molar-refractivity contribution in [3.8, 4) is 0 Å². The minimum Gasteiger partial charge on any atom is -0.219 e. The molecule has 1 aliphatic rings. The monoisotopic (exact) mass is 648 g/mol. The third-order valence-corrected chi connectivity index (χ3v) is 8.57. The molecule has 0 atom stereocenters. The van der Waals surface area contributed by atoms with Crippen LogP contribution in [0.5, 0.6) is 0 Å². The molecule has 0 N–H and O–H groups in total. The molecule has 1 aliphatic carbocycles. The van der Waals surface area contributed by atoms with Crippen molar-refractivity contribution < 1.29 is 45.2 Å². The van der Waals surface area contributed by atoms with Crippen LogP contribution in [0.1, 0.15) is 24.0 Å². The quantitative estimate of drug-likeness (QED) is 0.118. The zero-order chi connectivity index (χ0) is 33.5. The fourth-order valence-corrected chi connectivity index (χ4v) is 5.83. The number of hydrogen-bond acceptors (Lipinski definition) is 10. The van der Waals surface area contributed by atoms with Gasteiger partial charge in [-0.25, -0.2) is 45.2 Å². The Morgan fingerprint density at radius 2 is 0.826 bits per heavy atom. The molecule has 5 rings (SSSR count). The summed E-state index contributed by atoms with van der Waals surface area (Å²) >= 11 is 0. The molecule has 0 heterocycles. The molecule has 0 bridgehead atoms. The molecule has 1 fully saturated rings.